The van der Waals surface area contributed by atoms with Crippen molar-refractivity contribution in [3.63, 3.8) is 0 Å². The zero-order valence-electron chi connectivity index (χ0n) is 13.9. The smallest absolute Gasteiger partial charge is 0.251 e. The molecule has 6 nitrogen and oxygen atoms in total. The van der Waals surface area contributed by atoms with Crippen molar-refractivity contribution in [1.29, 1.82) is 0 Å². The van der Waals surface area contributed by atoms with Crippen molar-refractivity contribution in [1.82, 2.24) is 20.3 Å². The molecule has 0 aliphatic heterocycles. The van der Waals surface area contributed by atoms with Crippen LogP contribution < -0.4 is 5.32 Å². The van der Waals surface area contributed by atoms with Crippen LogP contribution >= 0.6 is 0 Å². The molecule has 0 aliphatic carbocycles. The number of rotatable bonds is 7. The average Bonchev–Trinajstić information content (AvgIpc) is 3.05. The van der Waals surface area contributed by atoms with Crippen LogP contribution in [0.25, 0.3) is 5.69 Å². The molecule has 2 rings (SSSR count). The second-order valence-corrected chi connectivity index (χ2v) is 6.51. The van der Waals surface area contributed by atoms with Crippen LogP contribution in [0.2, 0.25) is 0 Å². The minimum atomic E-state index is -0.888. The molecule has 0 saturated carbocycles. The number of amides is 1. The molecule has 0 aliphatic rings. The normalized spacial score (nSPS) is 13.8. The number of nitrogens with zero attached hydrogens (tertiary/aromatic N) is 3. The van der Waals surface area contributed by atoms with Gasteiger partial charge < -0.3 is 10.4 Å². The molecule has 0 spiro atoms. The lowest BCUT2D eigenvalue weighted by Gasteiger charge is -2.24. The van der Waals surface area contributed by atoms with Gasteiger partial charge in [0.15, 0.2) is 0 Å². The predicted octanol–water partition coefficient (Wildman–Crippen LogP) is 2.18. The first-order valence-electron chi connectivity index (χ1n) is 7.85. The van der Waals surface area contributed by atoms with E-state index in [4.69, 9.17) is 0 Å². The molecule has 6 heteroatoms. The Bertz CT molecular complexity index is 619. The number of benzene rings is 1. The fourth-order valence-electron chi connectivity index (χ4n) is 2.17. The fourth-order valence-corrected chi connectivity index (χ4v) is 2.17. The standard InChI is InChI=1S/C17H24N4O2/c1-13(2)8-9-17(3,23)12-18-16(22)14-4-6-15(7-5-14)21-11-10-19-20-21/h4-7,10-11,13,23H,8-9,12H2,1-3H3,(H,18,22). The van der Waals surface area contributed by atoms with E-state index in [2.05, 4.69) is 29.5 Å². The monoisotopic (exact) mass is 316 g/mol. The van der Waals surface area contributed by atoms with Gasteiger partial charge in [-0.05, 0) is 49.9 Å². The van der Waals surface area contributed by atoms with Crippen molar-refractivity contribution in [3.8, 4) is 5.69 Å². The Balaban J connectivity index is 1.90. The van der Waals surface area contributed by atoms with Crippen LogP contribution in [0.5, 0.6) is 0 Å². The highest BCUT2D eigenvalue weighted by Crippen LogP contribution is 2.16. The van der Waals surface area contributed by atoms with E-state index in [1.807, 2.05) is 0 Å². The molecular weight excluding hydrogens is 292 g/mol. The van der Waals surface area contributed by atoms with Crippen molar-refractivity contribution in [2.75, 3.05) is 6.54 Å². The zero-order chi connectivity index (χ0) is 16.9. The summed E-state index contributed by atoms with van der Waals surface area (Å²) < 4.78 is 1.62. The van der Waals surface area contributed by atoms with E-state index in [-0.39, 0.29) is 12.5 Å². The van der Waals surface area contributed by atoms with Gasteiger partial charge in [0.1, 0.15) is 0 Å². The van der Waals surface area contributed by atoms with E-state index in [0.29, 0.717) is 17.9 Å². The van der Waals surface area contributed by atoms with Gasteiger partial charge in [0.05, 0.1) is 23.7 Å². The van der Waals surface area contributed by atoms with Crippen molar-refractivity contribution in [3.05, 3.63) is 42.2 Å². The molecular formula is C17H24N4O2. The van der Waals surface area contributed by atoms with Crippen LogP contribution in [0.3, 0.4) is 0 Å². The summed E-state index contributed by atoms with van der Waals surface area (Å²) in [6, 6.07) is 7.07. The molecule has 2 aromatic rings. The second-order valence-electron chi connectivity index (χ2n) is 6.51. The van der Waals surface area contributed by atoms with Crippen LogP contribution in [0.15, 0.2) is 36.7 Å². The quantitative estimate of drug-likeness (QED) is 0.820. The lowest BCUT2D eigenvalue weighted by Crippen LogP contribution is -2.40. The Morgan fingerprint density at radius 3 is 2.61 bits per heavy atom. The van der Waals surface area contributed by atoms with Gasteiger partial charge in [-0.3, -0.25) is 4.79 Å². The van der Waals surface area contributed by atoms with Gasteiger partial charge in [0, 0.05) is 12.1 Å². The molecule has 1 amide bonds. The first kappa shape index (κ1) is 17.1. The van der Waals surface area contributed by atoms with Crippen LogP contribution in [-0.2, 0) is 0 Å². The largest absolute Gasteiger partial charge is 0.388 e. The first-order valence-corrected chi connectivity index (χ1v) is 7.85. The molecule has 0 bridgehead atoms. The van der Waals surface area contributed by atoms with Gasteiger partial charge >= 0.3 is 0 Å². The summed E-state index contributed by atoms with van der Waals surface area (Å²) in [6.07, 6.45) is 4.92. The Morgan fingerprint density at radius 1 is 1.35 bits per heavy atom. The molecule has 1 heterocycles. The maximum absolute atomic E-state index is 12.2. The predicted molar refractivity (Wildman–Crippen MR) is 88.4 cm³/mol. The van der Waals surface area contributed by atoms with Gasteiger partial charge in [-0.2, -0.15) is 0 Å². The number of nitrogens with one attached hydrogen (secondary N) is 1. The molecule has 0 saturated heterocycles. The zero-order valence-corrected chi connectivity index (χ0v) is 13.9. The molecule has 2 N–H and O–H groups in total. The van der Waals surface area contributed by atoms with E-state index in [1.165, 1.54) is 0 Å². The van der Waals surface area contributed by atoms with Crippen LogP contribution in [0.1, 0.15) is 44.0 Å². The summed E-state index contributed by atoms with van der Waals surface area (Å²) >= 11 is 0. The van der Waals surface area contributed by atoms with Gasteiger partial charge in [0.25, 0.3) is 5.91 Å². The third kappa shape index (κ3) is 5.17. The van der Waals surface area contributed by atoms with Gasteiger partial charge in [-0.1, -0.05) is 19.1 Å². The van der Waals surface area contributed by atoms with Crippen LogP contribution in [0, 0.1) is 5.92 Å². The maximum atomic E-state index is 12.2. The van der Waals surface area contributed by atoms with Crippen molar-refractivity contribution >= 4 is 5.91 Å². The molecule has 0 radical (unpaired) electrons. The number of hydrogen-bond donors (Lipinski definition) is 2. The van der Waals surface area contributed by atoms with E-state index in [9.17, 15) is 9.90 Å². The van der Waals surface area contributed by atoms with Gasteiger partial charge in [-0.15, -0.1) is 5.10 Å². The summed E-state index contributed by atoms with van der Waals surface area (Å²) in [5.41, 5.74) is 0.497. The molecule has 124 valence electrons. The highest BCUT2D eigenvalue weighted by atomic mass is 16.3. The van der Waals surface area contributed by atoms with Crippen molar-refractivity contribution in [2.45, 2.75) is 39.2 Å². The highest BCUT2D eigenvalue weighted by Gasteiger charge is 2.21. The molecule has 23 heavy (non-hydrogen) atoms. The van der Waals surface area contributed by atoms with Gasteiger partial charge in [0.2, 0.25) is 0 Å². The third-order valence-corrected chi connectivity index (χ3v) is 3.71. The van der Waals surface area contributed by atoms with Crippen molar-refractivity contribution < 1.29 is 9.90 Å². The van der Waals surface area contributed by atoms with Crippen molar-refractivity contribution in [2.24, 2.45) is 5.92 Å². The number of aromatic nitrogens is 3. The van der Waals surface area contributed by atoms with E-state index >= 15 is 0 Å². The summed E-state index contributed by atoms with van der Waals surface area (Å²) in [7, 11) is 0. The molecule has 0 fully saturated rings. The molecule has 1 aromatic carbocycles. The van der Waals surface area contributed by atoms with E-state index in [1.54, 1.807) is 48.3 Å². The molecule has 1 atom stereocenters. The van der Waals surface area contributed by atoms with E-state index < -0.39 is 5.60 Å². The Kier molecular flexibility index (Phi) is 5.50. The highest BCUT2D eigenvalue weighted by molar-refractivity contribution is 5.94. The fraction of sp³-hybridized carbons (Fsp3) is 0.471. The van der Waals surface area contributed by atoms with Gasteiger partial charge in [-0.25, -0.2) is 4.68 Å². The summed E-state index contributed by atoms with van der Waals surface area (Å²) in [4.78, 5) is 12.2. The number of aliphatic hydroxyl groups is 1. The lowest BCUT2D eigenvalue weighted by molar-refractivity contribution is 0.0429. The number of carbonyl (C=O) groups excluding carboxylic acids is 1. The molecule has 1 unspecified atom stereocenters. The maximum Gasteiger partial charge on any atom is 0.251 e. The lowest BCUT2D eigenvalue weighted by atomic mass is 9.95. The molecule has 1 aromatic heterocycles. The second kappa shape index (κ2) is 7.37. The minimum Gasteiger partial charge on any atom is -0.388 e. The minimum absolute atomic E-state index is 0.194. The summed E-state index contributed by atoms with van der Waals surface area (Å²) in [6.45, 7) is 6.23. The van der Waals surface area contributed by atoms with Crippen LogP contribution in [-0.4, -0.2) is 38.2 Å². The number of hydrogen-bond acceptors (Lipinski definition) is 4. The summed E-state index contributed by atoms with van der Waals surface area (Å²) in [5, 5.41) is 20.7. The first-order chi connectivity index (χ1) is 10.9. The van der Waals surface area contributed by atoms with E-state index in [0.717, 1.165) is 12.1 Å². The SMILES string of the molecule is CC(C)CCC(C)(O)CNC(=O)c1ccc(-n2ccnn2)cc1. The average molecular weight is 316 g/mol. The third-order valence-electron chi connectivity index (χ3n) is 3.71. The summed E-state index contributed by atoms with van der Waals surface area (Å²) in [5.74, 6) is 0.335. The Morgan fingerprint density at radius 2 is 2.04 bits per heavy atom. The number of carbonyl (C=O) groups is 1. The Labute approximate surface area is 136 Å². The van der Waals surface area contributed by atoms with Crippen LogP contribution in [0.4, 0.5) is 0 Å². The topological polar surface area (TPSA) is 80.0 Å². The Hall–Kier alpha value is -2.21.